The number of hydrogen-bond donors (Lipinski definition) is 3. The normalized spacial score (nSPS) is 12.6. The van der Waals surface area contributed by atoms with Crippen LogP contribution in [0.1, 0.15) is 361 Å². The Morgan fingerprint density at radius 3 is 1.01 bits per heavy atom. The minimum Gasteiger partial charge on any atom is -0.466 e. The first-order valence-corrected chi connectivity index (χ1v) is 31.9. The molecule has 0 aliphatic heterocycles. The van der Waals surface area contributed by atoms with Crippen LogP contribution in [-0.2, 0) is 14.3 Å². The van der Waals surface area contributed by atoms with Crippen LogP contribution >= 0.6 is 0 Å². The lowest BCUT2D eigenvalue weighted by atomic mass is 10.0. The predicted molar refractivity (Wildman–Crippen MR) is 306 cm³/mol. The monoisotopic (exact) mass is 988 g/mol. The molecule has 6 nitrogen and oxygen atoms in total. The highest BCUT2D eigenvalue weighted by Gasteiger charge is 2.20. The van der Waals surface area contributed by atoms with Crippen molar-refractivity contribution in [3.63, 3.8) is 0 Å². The van der Waals surface area contributed by atoms with Crippen LogP contribution in [0.2, 0.25) is 0 Å². The molecule has 0 aliphatic carbocycles. The first kappa shape index (κ1) is 68.6. The average Bonchev–Trinajstić information content (AvgIpc) is 3.36. The van der Waals surface area contributed by atoms with Crippen molar-refractivity contribution in [2.45, 2.75) is 373 Å². The van der Waals surface area contributed by atoms with Crippen molar-refractivity contribution in [2.24, 2.45) is 0 Å². The highest BCUT2D eigenvalue weighted by Crippen LogP contribution is 2.18. The molecule has 0 rings (SSSR count). The molecule has 6 heteroatoms. The summed E-state index contributed by atoms with van der Waals surface area (Å²) >= 11 is 0. The van der Waals surface area contributed by atoms with Crippen LogP contribution in [0.4, 0.5) is 0 Å². The van der Waals surface area contributed by atoms with Crippen LogP contribution in [0.5, 0.6) is 0 Å². The van der Waals surface area contributed by atoms with Crippen molar-refractivity contribution in [1.82, 2.24) is 5.32 Å². The van der Waals surface area contributed by atoms with Crippen molar-refractivity contribution in [3.8, 4) is 0 Å². The van der Waals surface area contributed by atoms with Gasteiger partial charge in [-0.25, -0.2) is 0 Å². The minimum absolute atomic E-state index is 0.00762. The molecule has 0 radical (unpaired) electrons. The van der Waals surface area contributed by atoms with E-state index >= 15 is 0 Å². The van der Waals surface area contributed by atoms with E-state index in [0.717, 1.165) is 44.9 Å². The third-order valence-corrected chi connectivity index (χ3v) is 15.1. The van der Waals surface area contributed by atoms with Gasteiger partial charge in [-0.3, -0.25) is 9.59 Å². The fourth-order valence-electron chi connectivity index (χ4n) is 10.2. The summed E-state index contributed by atoms with van der Waals surface area (Å²) in [6.45, 7) is 4.97. The van der Waals surface area contributed by atoms with Crippen LogP contribution in [0.15, 0.2) is 12.2 Å². The second-order valence-electron chi connectivity index (χ2n) is 22.1. The molecule has 2 atom stereocenters. The first-order chi connectivity index (χ1) is 34.5. The molecule has 0 aromatic heterocycles. The third kappa shape index (κ3) is 55.9. The zero-order valence-corrected chi connectivity index (χ0v) is 47.5. The zero-order valence-electron chi connectivity index (χ0n) is 47.5. The van der Waals surface area contributed by atoms with Gasteiger partial charge in [0.2, 0.25) is 5.91 Å². The molecule has 1 amide bonds. The summed E-state index contributed by atoms with van der Waals surface area (Å²) in [5, 5.41) is 23.3. The summed E-state index contributed by atoms with van der Waals surface area (Å²) in [5.41, 5.74) is 0. The summed E-state index contributed by atoms with van der Waals surface area (Å²) in [6.07, 6.45) is 72.3. The highest BCUT2D eigenvalue weighted by atomic mass is 16.5. The maximum Gasteiger partial charge on any atom is 0.305 e. The Labute approximate surface area is 438 Å². The lowest BCUT2D eigenvalue weighted by Crippen LogP contribution is -2.45. The summed E-state index contributed by atoms with van der Waals surface area (Å²) in [4.78, 5) is 24.5. The first-order valence-electron chi connectivity index (χ1n) is 31.9. The van der Waals surface area contributed by atoms with Crippen molar-refractivity contribution in [3.05, 3.63) is 12.2 Å². The van der Waals surface area contributed by atoms with Gasteiger partial charge in [0.05, 0.1) is 25.4 Å². The number of ether oxygens (including phenoxy) is 1. The fourth-order valence-corrected chi connectivity index (χ4v) is 10.2. The molecule has 3 N–H and O–H groups in total. The Kier molecular flexibility index (Phi) is 59.0. The van der Waals surface area contributed by atoms with E-state index in [2.05, 4.69) is 31.3 Å². The van der Waals surface area contributed by atoms with Gasteiger partial charge in [-0.1, -0.05) is 309 Å². The van der Waals surface area contributed by atoms with E-state index in [1.54, 1.807) is 0 Å². The Hall–Kier alpha value is -1.40. The molecular weight excluding hydrogens is 863 g/mol. The van der Waals surface area contributed by atoms with E-state index in [1.165, 1.54) is 283 Å². The number of allylic oxidation sites excluding steroid dienone is 2. The third-order valence-electron chi connectivity index (χ3n) is 15.1. The number of carbonyl (C=O) groups excluding carboxylic acids is 2. The lowest BCUT2D eigenvalue weighted by Gasteiger charge is -2.22. The number of unbranched alkanes of at least 4 members (excludes halogenated alkanes) is 47. The number of esters is 1. The molecule has 0 aliphatic rings. The molecule has 0 aromatic carbocycles. The van der Waals surface area contributed by atoms with E-state index in [9.17, 15) is 19.8 Å². The van der Waals surface area contributed by atoms with Crippen LogP contribution in [0, 0.1) is 0 Å². The molecule has 416 valence electrons. The van der Waals surface area contributed by atoms with E-state index < -0.39 is 12.1 Å². The summed E-state index contributed by atoms with van der Waals surface area (Å²) in [7, 11) is 0. The second kappa shape index (κ2) is 60.2. The lowest BCUT2D eigenvalue weighted by molar-refractivity contribution is -0.143. The number of hydrogen-bond acceptors (Lipinski definition) is 5. The van der Waals surface area contributed by atoms with E-state index in [-0.39, 0.29) is 18.5 Å². The molecule has 0 saturated carbocycles. The van der Waals surface area contributed by atoms with Crippen molar-refractivity contribution >= 4 is 11.9 Å². The van der Waals surface area contributed by atoms with E-state index in [4.69, 9.17) is 4.74 Å². The van der Waals surface area contributed by atoms with Gasteiger partial charge in [-0.15, -0.1) is 0 Å². The van der Waals surface area contributed by atoms with Crippen LogP contribution in [-0.4, -0.2) is 47.4 Å². The fraction of sp³-hybridized carbons (Fsp3) is 0.938. The number of rotatable bonds is 60. The molecule has 0 bridgehead atoms. The molecule has 0 saturated heterocycles. The number of aliphatic hydroxyl groups excluding tert-OH is 2. The van der Waals surface area contributed by atoms with Crippen LogP contribution in [0.3, 0.4) is 0 Å². The number of nitrogens with one attached hydrogen (secondary N) is 1. The average molecular weight is 989 g/mol. The number of carbonyl (C=O) groups is 2. The SMILES string of the molecule is CCCCCCC/C=C\CCCCCCCC(=O)OCCCCCCCCCCCCCCCCCCCCCCCCCCC(=O)NC(CO)C(O)CCCCCCCCCCCCCCCCC. The molecule has 0 fully saturated rings. The van der Waals surface area contributed by atoms with Gasteiger partial charge in [0, 0.05) is 12.8 Å². The number of amides is 1. The van der Waals surface area contributed by atoms with Gasteiger partial charge in [0.1, 0.15) is 0 Å². The van der Waals surface area contributed by atoms with E-state index in [1.807, 2.05) is 0 Å². The molecular formula is C64H125NO5. The largest absolute Gasteiger partial charge is 0.466 e. The van der Waals surface area contributed by atoms with Gasteiger partial charge in [0.25, 0.3) is 0 Å². The van der Waals surface area contributed by atoms with Crippen LogP contribution < -0.4 is 5.32 Å². The van der Waals surface area contributed by atoms with Gasteiger partial charge in [0.15, 0.2) is 0 Å². The minimum atomic E-state index is -0.662. The summed E-state index contributed by atoms with van der Waals surface area (Å²) in [6, 6.07) is -0.539. The van der Waals surface area contributed by atoms with Gasteiger partial charge in [-0.2, -0.15) is 0 Å². The highest BCUT2D eigenvalue weighted by molar-refractivity contribution is 5.76. The zero-order chi connectivity index (χ0) is 50.7. The van der Waals surface area contributed by atoms with Gasteiger partial charge >= 0.3 is 5.97 Å². The molecule has 0 heterocycles. The van der Waals surface area contributed by atoms with Crippen molar-refractivity contribution < 1.29 is 24.5 Å². The Morgan fingerprint density at radius 2 is 0.671 bits per heavy atom. The van der Waals surface area contributed by atoms with Gasteiger partial charge in [-0.05, 0) is 51.4 Å². The van der Waals surface area contributed by atoms with Crippen LogP contribution in [0.25, 0.3) is 0 Å². The molecule has 0 spiro atoms. The Balaban J connectivity index is 3.35. The van der Waals surface area contributed by atoms with Crippen molar-refractivity contribution in [1.29, 1.82) is 0 Å². The number of aliphatic hydroxyl groups is 2. The Bertz CT molecular complexity index is 1050. The second-order valence-corrected chi connectivity index (χ2v) is 22.1. The molecule has 70 heavy (non-hydrogen) atoms. The maximum atomic E-state index is 12.5. The van der Waals surface area contributed by atoms with Crippen molar-refractivity contribution in [2.75, 3.05) is 13.2 Å². The predicted octanol–water partition coefficient (Wildman–Crippen LogP) is 20.0. The smallest absolute Gasteiger partial charge is 0.305 e. The standard InChI is InChI=1S/C64H125NO5/c1-3-5-7-9-11-13-15-17-29-32-36-40-44-48-52-56-62(67)61(60-66)65-63(68)57-53-49-45-41-37-33-30-27-25-23-21-19-20-22-24-26-28-31-35-39-43-47-51-55-59-70-64(69)58-54-50-46-42-38-34-18-16-14-12-10-8-6-4-2/h16,18,61-62,66-67H,3-15,17,19-60H2,1-2H3,(H,65,68)/b18-16-. The van der Waals surface area contributed by atoms with E-state index in [0.29, 0.717) is 25.9 Å². The Morgan fingerprint density at radius 1 is 0.386 bits per heavy atom. The molecule has 2 unspecified atom stereocenters. The molecule has 0 aromatic rings. The van der Waals surface area contributed by atoms with Gasteiger partial charge < -0.3 is 20.3 Å². The summed E-state index contributed by atoms with van der Waals surface area (Å²) < 4.78 is 5.48. The quantitative estimate of drug-likeness (QED) is 0.0321. The maximum absolute atomic E-state index is 12.5. The topological polar surface area (TPSA) is 95.9 Å². The summed E-state index contributed by atoms with van der Waals surface area (Å²) in [5.74, 6) is -0.0236.